The molecular formula is C80H50IN6+. The Kier molecular flexibility index (Phi) is 12.2. The largest absolute Gasteiger partial charge is 0.359 e. The smallest absolute Gasteiger partial charge is 0.309 e. The molecule has 7 heteroatoms. The van der Waals surface area contributed by atoms with E-state index in [-0.39, 0.29) is 0 Å². The fourth-order valence-corrected chi connectivity index (χ4v) is 16.0. The Labute approximate surface area is 513 Å². The summed E-state index contributed by atoms with van der Waals surface area (Å²) in [5.74, 6) is 0. The predicted octanol–water partition coefficient (Wildman–Crippen LogP) is 16.9. The van der Waals surface area contributed by atoms with E-state index < -0.39 is 21.2 Å². The number of nitrogens with zero attached hydrogens (tertiary/aromatic N) is 6. The second-order valence-electron chi connectivity index (χ2n) is 22.1. The summed E-state index contributed by atoms with van der Waals surface area (Å²) in [6, 6.07) is 101. The lowest BCUT2D eigenvalue weighted by Crippen LogP contribution is -3.61. The number of fused-ring (bicyclic) bond motifs is 9. The van der Waals surface area contributed by atoms with E-state index in [1.165, 1.54) is 39.8 Å². The van der Waals surface area contributed by atoms with E-state index in [0.29, 0.717) is 0 Å². The summed E-state index contributed by atoms with van der Waals surface area (Å²) in [4.78, 5) is 19.2. The van der Waals surface area contributed by atoms with Crippen molar-refractivity contribution in [2.24, 2.45) is 0 Å². The van der Waals surface area contributed by atoms with E-state index in [9.17, 15) is 0 Å². The van der Waals surface area contributed by atoms with Crippen molar-refractivity contribution in [1.29, 1.82) is 0 Å². The molecule has 16 aromatic rings. The summed E-state index contributed by atoms with van der Waals surface area (Å²) in [5, 5.41) is 4.74. The Morgan fingerprint density at radius 2 is 0.483 bits per heavy atom. The zero-order valence-corrected chi connectivity index (χ0v) is 49.1. The molecule has 0 spiro atoms. The SMILES string of the molecule is c1ccc(-c2ccccc2-c2ccc3c(c2)c2cc(-c4ccccc4-c4ccccn4)ccc2n3-c2ccc3c(c2)-c2cc(-n4c5ccc(-c6ccccc6-c6ccccn6)cc5c5cc(-c6ccccc6-c6ccccn6)ccc54)ccc2[I+]3)nc1. The van der Waals surface area contributed by atoms with Gasteiger partial charge in [-0.25, -0.2) is 0 Å². The fourth-order valence-electron chi connectivity index (χ4n) is 13.2. The van der Waals surface area contributed by atoms with E-state index in [1.807, 2.05) is 49.1 Å². The Bertz CT molecular complexity index is 4750. The van der Waals surface area contributed by atoms with E-state index in [1.54, 1.807) is 0 Å². The maximum absolute atomic E-state index is 4.80. The summed E-state index contributed by atoms with van der Waals surface area (Å²) in [7, 11) is 0. The van der Waals surface area contributed by atoms with Gasteiger partial charge >= 0.3 is 21.2 Å². The van der Waals surface area contributed by atoms with Crippen molar-refractivity contribution >= 4 is 43.6 Å². The molecule has 0 N–H and O–H groups in total. The number of halogens is 1. The number of benzene rings is 10. The van der Waals surface area contributed by atoms with Crippen molar-refractivity contribution in [1.82, 2.24) is 29.1 Å². The van der Waals surface area contributed by atoms with Crippen LogP contribution in [0.3, 0.4) is 0 Å². The first-order chi connectivity index (χ1) is 43.1. The van der Waals surface area contributed by atoms with Gasteiger partial charge in [-0.3, -0.25) is 19.9 Å². The molecule has 0 fully saturated rings. The van der Waals surface area contributed by atoms with Crippen LogP contribution in [0.25, 0.3) is 156 Å². The molecule has 0 saturated heterocycles. The zero-order chi connectivity index (χ0) is 57.4. The van der Waals surface area contributed by atoms with E-state index in [0.717, 1.165) is 123 Å². The third-order valence-electron chi connectivity index (χ3n) is 17.2. The highest BCUT2D eigenvalue weighted by atomic mass is 127. The first-order valence-corrected chi connectivity index (χ1v) is 31.4. The summed E-state index contributed by atoms with van der Waals surface area (Å²) >= 11 is -0.434. The minimum atomic E-state index is -0.434. The number of aromatic nitrogens is 6. The maximum atomic E-state index is 4.80. The van der Waals surface area contributed by atoms with Crippen molar-refractivity contribution in [2.75, 3.05) is 0 Å². The average Bonchev–Trinajstić information content (AvgIpc) is 1.73. The lowest BCUT2D eigenvalue weighted by Gasteiger charge is -2.12. The standard InChI is InChI=1S/C80H50IN6/c1-5-21-61(73-25-9-13-41-82-73)57(17-1)51-29-37-77-67(45-51)68-46-52(58-18-2-6-22-62(58)74-26-10-14-42-83-74)30-38-78(68)86(77)55-33-35-71-65(49-55)66-50-56(34-36-72(66)81-71)87-79-39-31-53(59-19-3-7-23-63(59)75-27-11-15-43-84-75)47-69(79)70-48-54(32-40-80(70)87)60-20-4-8-24-64(60)76-28-12-16-44-85-76/h1-50H/q+1. The Hall–Kier alpha value is -10.9. The van der Waals surface area contributed by atoms with Crippen LogP contribution in [0.1, 0.15) is 0 Å². The quantitative estimate of drug-likeness (QED) is 0.128. The van der Waals surface area contributed by atoms with Crippen LogP contribution in [-0.4, -0.2) is 29.1 Å². The number of rotatable bonds is 10. The van der Waals surface area contributed by atoms with Gasteiger partial charge in [-0.1, -0.05) is 146 Å². The molecule has 0 saturated carbocycles. The number of pyridine rings is 4. The Morgan fingerprint density at radius 3 is 0.747 bits per heavy atom. The molecule has 0 bridgehead atoms. The zero-order valence-electron chi connectivity index (χ0n) is 46.9. The Morgan fingerprint density at radius 1 is 0.218 bits per heavy atom. The van der Waals surface area contributed by atoms with Gasteiger partial charge < -0.3 is 9.13 Å². The third kappa shape index (κ3) is 8.68. The third-order valence-corrected chi connectivity index (χ3v) is 20.2. The van der Waals surface area contributed by atoms with Crippen LogP contribution >= 0.6 is 0 Å². The summed E-state index contributed by atoms with van der Waals surface area (Å²) < 4.78 is 7.83. The molecule has 17 rings (SSSR count). The van der Waals surface area contributed by atoms with Crippen molar-refractivity contribution in [2.45, 2.75) is 0 Å². The molecule has 0 unspecified atom stereocenters. The molecule has 6 nitrogen and oxygen atoms in total. The van der Waals surface area contributed by atoms with Gasteiger partial charge in [0.15, 0.2) is 0 Å². The van der Waals surface area contributed by atoms with Crippen molar-refractivity contribution < 1.29 is 21.2 Å². The van der Waals surface area contributed by atoms with E-state index in [4.69, 9.17) is 19.9 Å². The van der Waals surface area contributed by atoms with Crippen LogP contribution in [0.15, 0.2) is 304 Å². The van der Waals surface area contributed by atoms with Gasteiger partial charge in [-0.05, 0) is 178 Å². The van der Waals surface area contributed by atoms with E-state index in [2.05, 4.69) is 264 Å². The first kappa shape index (κ1) is 50.6. The van der Waals surface area contributed by atoms with Crippen molar-refractivity contribution in [3.63, 3.8) is 0 Å². The number of hydrogen-bond acceptors (Lipinski definition) is 4. The predicted molar refractivity (Wildman–Crippen MR) is 353 cm³/mol. The molecule has 10 aromatic carbocycles. The molecule has 0 aliphatic carbocycles. The van der Waals surface area contributed by atoms with Crippen molar-refractivity contribution in [3.8, 4) is 112 Å². The van der Waals surface area contributed by atoms with E-state index >= 15 is 0 Å². The Balaban J connectivity index is 0.829. The maximum Gasteiger partial charge on any atom is 0.359 e. The van der Waals surface area contributed by atoms with Crippen LogP contribution in [0.5, 0.6) is 0 Å². The van der Waals surface area contributed by atoms with Gasteiger partial charge in [0.2, 0.25) is 7.14 Å². The molecular weight excluding hydrogens is 1170 g/mol. The van der Waals surface area contributed by atoms with Crippen LogP contribution in [-0.2, 0) is 0 Å². The number of hydrogen-bond donors (Lipinski definition) is 0. The van der Waals surface area contributed by atoms with Gasteiger partial charge in [0.25, 0.3) is 0 Å². The summed E-state index contributed by atoms with van der Waals surface area (Å²) in [6.07, 6.45) is 7.49. The van der Waals surface area contributed by atoms with Gasteiger partial charge in [0.1, 0.15) is 0 Å². The highest BCUT2D eigenvalue weighted by molar-refractivity contribution is 6.14. The lowest BCUT2D eigenvalue weighted by molar-refractivity contribution is -0.589. The molecule has 87 heavy (non-hydrogen) atoms. The molecule has 1 aliphatic rings. The topological polar surface area (TPSA) is 61.4 Å². The molecule has 7 heterocycles. The normalized spacial score (nSPS) is 11.9. The van der Waals surface area contributed by atoms with Gasteiger partial charge in [0, 0.05) is 91.1 Å². The minimum absolute atomic E-state index is 0.434. The molecule has 6 aromatic heterocycles. The molecule has 406 valence electrons. The highest BCUT2D eigenvalue weighted by Crippen LogP contribution is 2.44. The lowest BCUT2D eigenvalue weighted by atomic mass is 9.94. The summed E-state index contributed by atoms with van der Waals surface area (Å²) in [6.45, 7) is 0. The molecule has 0 atom stereocenters. The van der Waals surface area contributed by atoms with Crippen molar-refractivity contribution in [3.05, 3.63) is 311 Å². The van der Waals surface area contributed by atoms with Crippen LogP contribution in [0.2, 0.25) is 0 Å². The van der Waals surface area contributed by atoms with Gasteiger partial charge in [-0.2, -0.15) is 0 Å². The highest BCUT2D eigenvalue weighted by Gasteiger charge is 2.35. The second kappa shape index (κ2) is 21.0. The minimum Gasteiger partial charge on any atom is -0.309 e. The second-order valence-corrected chi connectivity index (χ2v) is 24.9. The van der Waals surface area contributed by atoms with Crippen LogP contribution < -0.4 is 21.2 Å². The average molecular weight is 1220 g/mol. The monoisotopic (exact) mass is 1220 g/mol. The van der Waals surface area contributed by atoms with Crippen LogP contribution in [0.4, 0.5) is 0 Å². The fraction of sp³-hybridized carbons (Fsp3) is 0. The first-order valence-electron chi connectivity index (χ1n) is 29.3. The van der Waals surface area contributed by atoms with Gasteiger partial charge in [-0.15, -0.1) is 0 Å². The molecule has 0 amide bonds. The molecule has 1 aliphatic heterocycles. The van der Waals surface area contributed by atoms with Crippen LogP contribution in [0, 0.1) is 7.14 Å². The molecule has 0 radical (unpaired) electrons. The van der Waals surface area contributed by atoms with Gasteiger partial charge in [0.05, 0.1) is 44.8 Å². The summed E-state index contributed by atoms with van der Waals surface area (Å²) in [5.41, 5.74) is 26.8.